The number of nitrogens with zero attached hydrogens (tertiary/aromatic N) is 2. The first-order valence-electron chi connectivity index (χ1n) is 8.42. The molecule has 0 saturated carbocycles. The third kappa shape index (κ3) is 5.28. The summed E-state index contributed by atoms with van der Waals surface area (Å²) < 4.78 is 19.5. The number of hydrogen-bond donors (Lipinski definition) is 1. The van der Waals surface area contributed by atoms with Gasteiger partial charge in [-0.2, -0.15) is 0 Å². The predicted molar refractivity (Wildman–Crippen MR) is 98.2 cm³/mol. The molecular weight excluding hydrogens is 368 g/mol. The number of ether oxygens (including phenoxy) is 1. The number of halogens is 3. The van der Waals surface area contributed by atoms with E-state index in [0.29, 0.717) is 11.6 Å². The van der Waals surface area contributed by atoms with Crippen molar-refractivity contribution in [2.75, 3.05) is 52.5 Å². The Hall–Kier alpha value is -0.920. The molecule has 1 N–H and O–H groups in total. The van der Waals surface area contributed by atoms with E-state index in [-0.39, 0.29) is 29.9 Å². The number of morpholine rings is 1. The van der Waals surface area contributed by atoms with E-state index >= 15 is 0 Å². The smallest absolute Gasteiger partial charge is 0.257 e. The van der Waals surface area contributed by atoms with Crippen LogP contribution in [-0.4, -0.2) is 74.2 Å². The predicted octanol–water partition coefficient (Wildman–Crippen LogP) is 2.04. The second-order valence-electron chi connectivity index (χ2n) is 6.22. The Morgan fingerprint density at radius 1 is 1.40 bits per heavy atom. The van der Waals surface area contributed by atoms with E-state index in [2.05, 4.69) is 10.2 Å². The summed E-state index contributed by atoms with van der Waals surface area (Å²) in [7, 11) is 0. The summed E-state index contributed by atoms with van der Waals surface area (Å²) in [5.41, 5.74) is 0.0522. The van der Waals surface area contributed by atoms with Crippen molar-refractivity contribution in [1.29, 1.82) is 0 Å². The minimum atomic E-state index is -0.522. The highest BCUT2D eigenvalue weighted by molar-refractivity contribution is 6.31. The number of benzene rings is 1. The Labute approximate surface area is 158 Å². The van der Waals surface area contributed by atoms with Crippen LogP contribution in [0.2, 0.25) is 5.02 Å². The molecule has 140 valence electrons. The maximum Gasteiger partial charge on any atom is 0.257 e. The fourth-order valence-electron chi connectivity index (χ4n) is 3.25. The summed E-state index contributed by atoms with van der Waals surface area (Å²) >= 11 is 5.95. The zero-order chi connectivity index (χ0) is 16.9. The summed E-state index contributed by atoms with van der Waals surface area (Å²) in [6.45, 7) is 6.17. The Bertz CT molecular complexity index is 579. The number of carbonyl (C=O) groups is 1. The number of amides is 1. The molecule has 2 aliphatic rings. The molecule has 25 heavy (non-hydrogen) atoms. The summed E-state index contributed by atoms with van der Waals surface area (Å²) in [5, 5.41) is 3.65. The lowest BCUT2D eigenvalue weighted by Gasteiger charge is -2.33. The molecule has 0 spiro atoms. The van der Waals surface area contributed by atoms with E-state index in [1.165, 1.54) is 18.2 Å². The summed E-state index contributed by atoms with van der Waals surface area (Å²) in [6, 6.07) is 4.23. The summed E-state index contributed by atoms with van der Waals surface area (Å²) in [6.07, 6.45) is 0.886. The molecule has 3 rings (SSSR count). The van der Waals surface area contributed by atoms with Gasteiger partial charge in [0.25, 0.3) is 5.91 Å². The van der Waals surface area contributed by atoms with Crippen LogP contribution in [-0.2, 0) is 4.74 Å². The van der Waals surface area contributed by atoms with Crippen LogP contribution < -0.4 is 5.32 Å². The Morgan fingerprint density at radius 2 is 2.16 bits per heavy atom. The Balaban J connectivity index is 0.00000225. The molecule has 5 nitrogen and oxygen atoms in total. The van der Waals surface area contributed by atoms with E-state index in [0.717, 1.165) is 52.4 Å². The minimum Gasteiger partial charge on any atom is -0.379 e. The fraction of sp³-hybridized carbons (Fsp3) is 0.588. The van der Waals surface area contributed by atoms with Crippen LogP contribution in [0.5, 0.6) is 0 Å². The van der Waals surface area contributed by atoms with Crippen molar-refractivity contribution >= 4 is 29.9 Å². The average Bonchev–Trinajstić information content (AvgIpc) is 3.12. The topological polar surface area (TPSA) is 44.8 Å². The van der Waals surface area contributed by atoms with E-state index < -0.39 is 5.82 Å². The summed E-state index contributed by atoms with van der Waals surface area (Å²) in [4.78, 5) is 17.0. The van der Waals surface area contributed by atoms with Gasteiger partial charge in [0.15, 0.2) is 0 Å². The molecule has 1 atom stereocenters. The number of hydrogen-bond acceptors (Lipinski definition) is 4. The molecule has 1 unspecified atom stereocenters. The molecule has 2 aliphatic heterocycles. The van der Waals surface area contributed by atoms with Crippen molar-refractivity contribution in [2.24, 2.45) is 0 Å². The van der Waals surface area contributed by atoms with Crippen molar-refractivity contribution in [3.63, 3.8) is 0 Å². The first-order chi connectivity index (χ1) is 11.6. The molecule has 2 heterocycles. The molecule has 0 bridgehead atoms. The standard InChI is InChI=1S/C17H23ClFN3O2.ClH/c18-13-1-2-16(19)15(11-13)17(23)22(14-3-4-20-12-14)6-5-21-7-9-24-10-8-21;/h1-2,11,14,20H,3-10,12H2;1H. The first-order valence-corrected chi connectivity index (χ1v) is 8.80. The number of nitrogens with one attached hydrogen (secondary N) is 1. The molecule has 1 aromatic carbocycles. The van der Waals surface area contributed by atoms with Crippen LogP contribution in [0.15, 0.2) is 18.2 Å². The third-order valence-electron chi connectivity index (χ3n) is 4.66. The highest BCUT2D eigenvalue weighted by Crippen LogP contribution is 2.19. The van der Waals surface area contributed by atoms with Gasteiger partial charge in [-0.15, -0.1) is 12.4 Å². The van der Waals surface area contributed by atoms with Gasteiger partial charge in [0, 0.05) is 43.8 Å². The second-order valence-corrected chi connectivity index (χ2v) is 6.66. The molecule has 2 fully saturated rings. The SMILES string of the molecule is Cl.O=C(c1cc(Cl)ccc1F)N(CCN1CCOCC1)C1CCNC1. The fourth-order valence-corrected chi connectivity index (χ4v) is 3.42. The van der Waals surface area contributed by atoms with E-state index in [4.69, 9.17) is 16.3 Å². The molecule has 0 radical (unpaired) electrons. The highest BCUT2D eigenvalue weighted by Gasteiger charge is 2.29. The van der Waals surface area contributed by atoms with E-state index in [1.807, 2.05) is 0 Å². The maximum atomic E-state index is 14.1. The van der Waals surface area contributed by atoms with Gasteiger partial charge in [-0.05, 0) is 31.2 Å². The number of carbonyl (C=O) groups excluding carboxylic acids is 1. The van der Waals surface area contributed by atoms with Crippen LogP contribution in [0.4, 0.5) is 4.39 Å². The zero-order valence-corrected chi connectivity index (χ0v) is 15.6. The van der Waals surface area contributed by atoms with Crippen molar-refractivity contribution in [3.05, 3.63) is 34.6 Å². The normalized spacial score (nSPS) is 21.0. The second kappa shape index (κ2) is 9.69. The first kappa shape index (κ1) is 20.4. The quantitative estimate of drug-likeness (QED) is 0.833. The summed E-state index contributed by atoms with van der Waals surface area (Å²) in [5.74, 6) is -0.802. The third-order valence-corrected chi connectivity index (χ3v) is 4.89. The molecule has 0 aliphatic carbocycles. The number of rotatable bonds is 5. The van der Waals surface area contributed by atoms with Crippen LogP contribution >= 0.6 is 24.0 Å². The van der Waals surface area contributed by atoms with Gasteiger partial charge in [-0.25, -0.2) is 4.39 Å². The molecule has 1 amide bonds. The average molecular weight is 392 g/mol. The van der Waals surface area contributed by atoms with Crippen molar-refractivity contribution in [1.82, 2.24) is 15.1 Å². The molecule has 8 heteroatoms. The minimum absolute atomic E-state index is 0. The van der Waals surface area contributed by atoms with Crippen molar-refractivity contribution < 1.29 is 13.9 Å². The van der Waals surface area contributed by atoms with Gasteiger partial charge in [-0.3, -0.25) is 9.69 Å². The molecule has 2 saturated heterocycles. The molecular formula is C17H24Cl2FN3O2. The van der Waals surface area contributed by atoms with Gasteiger partial charge >= 0.3 is 0 Å². The van der Waals surface area contributed by atoms with Gasteiger partial charge in [0.05, 0.1) is 18.8 Å². The van der Waals surface area contributed by atoms with Gasteiger partial charge in [-0.1, -0.05) is 11.6 Å². The Morgan fingerprint density at radius 3 is 2.84 bits per heavy atom. The lowest BCUT2D eigenvalue weighted by Crippen LogP contribution is -2.47. The van der Waals surface area contributed by atoms with Crippen LogP contribution in [0.3, 0.4) is 0 Å². The molecule has 1 aromatic rings. The Kier molecular flexibility index (Phi) is 7.90. The van der Waals surface area contributed by atoms with Gasteiger partial charge < -0.3 is 15.0 Å². The van der Waals surface area contributed by atoms with E-state index in [9.17, 15) is 9.18 Å². The monoisotopic (exact) mass is 391 g/mol. The van der Waals surface area contributed by atoms with Crippen LogP contribution in [0.25, 0.3) is 0 Å². The largest absolute Gasteiger partial charge is 0.379 e. The van der Waals surface area contributed by atoms with E-state index in [1.54, 1.807) is 4.90 Å². The van der Waals surface area contributed by atoms with Gasteiger partial charge in [0.2, 0.25) is 0 Å². The van der Waals surface area contributed by atoms with Crippen molar-refractivity contribution in [3.8, 4) is 0 Å². The zero-order valence-electron chi connectivity index (χ0n) is 14.0. The van der Waals surface area contributed by atoms with Gasteiger partial charge in [0.1, 0.15) is 5.82 Å². The van der Waals surface area contributed by atoms with Crippen LogP contribution in [0, 0.1) is 5.82 Å². The highest BCUT2D eigenvalue weighted by atomic mass is 35.5. The molecule has 0 aromatic heterocycles. The van der Waals surface area contributed by atoms with Crippen molar-refractivity contribution in [2.45, 2.75) is 12.5 Å². The lowest BCUT2D eigenvalue weighted by atomic mass is 10.1. The lowest BCUT2D eigenvalue weighted by molar-refractivity contribution is 0.0301. The maximum absolute atomic E-state index is 14.1. The van der Waals surface area contributed by atoms with Crippen LogP contribution in [0.1, 0.15) is 16.8 Å².